The largest absolute Gasteiger partial charge is 0.308 e. The van der Waals surface area contributed by atoms with E-state index in [1.165, 1.54) is 4.88 Å². The maximum atomic E-state index is 5.93. The van der Waals surface area contributed by atoms with Gasteiger partial charge in [-0.1, -0.05) is 11.6 Å². The van der Waals surface area contributed by atoms with E-state index in [-0.39, 0.29) is 5.54 Å². The number of hydrogen-bond acceptors (Lipinski definition) is 3. The van der Waals surface area contributed by atoms with Crippen molar-refractivity contribution in [3.05, 3.63) is 21.3 Å². The zero-order valence-electron chi connectivity index (χ0n) is 10.7. The Kier molecular flexibility index (Phi) is 4.80. The maximum absolute atomic E-state index is 5.93. The summed E-state index contributed by atoms with van der Waals surface area (Å²) in [6.07, 6.45) is 0. The van der Waals surface area contributed by atoms with E-state index in [1.54, 1.807) is 11.3 Å². The first-order valence-electron chi connectivity index (χ1n) is 5.49. The van der Waals surface area contributed by atoms with Crippen LogP contribution < -0.4 is 5.32 Å². The summed E-state index contributed by atoms with van der Waals surface area (Å²) in [6, 6.07) is 4.40. The Bertz CT molecular complexity index is 334. The number of likely N-dealkylation sites (N-methyl/N-ethyl adjacent to an activating group) is 1. The highest BCUT2D eigenvalue weighted by Crippen LogP contribution is 2.26. The molecule has 0 aliphatic rings. The fourth-order valence-corrected chi connectivity index (χ4v) is 2.31. The molecule has 2 nitrogen and oxygen atoms in total. The zero-order valence-corrected chi connectivity index (χ0v) is 12.2. The fraction of sp³-hybridized carbons (Fsp3) is 0.667. The Morgan fingerprint density at radius 1 is 1.44 bits per heavy atom. The summed E-state index contributed by atoms with van der Waals surface area (Å²) in [4.78, 5) is 3.52. The van der Waals surface area contributed by atoms with Gasteiger partial charge < -0.3 is 10.2 Å². The minimum absolute atomic E-state index is 0.162. The van der Waals surface area contributed by atoms with Gasteiger partial charge in [0, 0.05) is 23.0 Å². The van der Waals surface area contributed by atoms with Gasteiger partial charge in [-0.25, -0.2) is 0 Å². The Hall–Kier alpha value is -0.0900. The molecule has 0 aliphatic carbocycles. The van der Waals surface area contributed by atoms with Gasteiger partial charge in [0.1, 0.15) is 0 Å². The van der Waals surface area contributed by atoms with Crippen molar-refractivity contribution in [2.75, 3.05) is 20.6 Å². The average Bonchev–Trinajstić information content (AvgIpc) is 2.61. The Balaban J connectivity index is 2.50. The van der Waals surface area contributed by atoms with E-state index in [4.69, 9.17) is 11.6 Å². The second-order valence-electron chi connectivity index (χ2n) is 4.95. The van der Waals surface area contributed by atoms with E-state index in [2.05, 4.69) is 51.1 Å². The number of nitrogens with one attached hydrogen (secondary N) is 1. The molecule has 1 N–H and O–H groups in total. The van der Waals surface area contributed by atoms with Gasteiger partial charge in [0.2, 0.25) is 0 Å². The number of rotatable bonds is 5. The lowest BCUT2D eigenvalue weighted by molar-refractivity contribution is 0.185. The number of halogens is 1. The SMILES string of the molecule is CC(NCC(C)(C)N(C)C)c1ccc(Cl)s1. The van der Waals surface area contributed by atoms with Gasteiger partial charge in [0.05, 0.1) is 4.34 Å². The van der Waals surface area contributed by atoms with Crippen LogP contribution in [0.4, 0.5) is 0 Å². The van der Waals surface area contributed by atoms with Gasteiger partial charge in [-0.05, 0) is 47.0 Å². The second-order valence-corrected chi connectivity index (χ2v) is 6.70. The van der Waals surface area contributed by atoms with Crippen molar-refractivity contribution in [1.29, 1.82) is 0 Å². The van der Waals surface area contributed by atoms with Crippen LogP contribution in [0.15, 0.2) is 12.1 Å². The van der Waals surface area contributed by atoms with Crippen LogP contribution in [0, 0.1) is 0 Å². The van der Waals surface area contributed by atoms with Crippen LogP contribution in [0.25, 0.3) is 0 Å². The van der Waals surface area contributed by atoms with Crippen LogP contribution in [-0.2, 0) is 0 Å². The van der Waals surface area contributed by atoms with E-state index in [9.17, 15) is 0 Å². The van der Waals surface area contributed by atoms with Crippen molar-refractivity contribution in [3.8, 4) is 0 Å². The molecule has 1 heterocycles. The summed E-state index contributed by atoms with van der Waals surface area (Å²) in [7, 11) is 4.21. The van der Waals surface area contributed by atoms with Crippen molar-refractivity contribution in [1.82, 2.24) is 10.2 Å². The predicted molar refractivity (Wildman–Crippen MR) is 73.5 cm³/mol. The molecule has 1 rings (SSSR count). The third-order valence-corrected chi connectivity index (χ3v) is 4.49. The molecule has 16 heavy (non-hydrogen) atoms. The van der Waals surface area contributed by atoms with Gasteiger partial charge in [-0.3, -0.25) is 0 Å². The van der Waals surface area contributed by atoms with Crippen LogP contribution in [-0.4, -0.2) is 31.1 Å². The average molecular weight is 261 g/mol. The van der Waals surface area contributed by atoms with Crippen LogP contribution >= 0.6 is 22.9 Å². The Labute approximate surface area is 108 Å². The van der Waals surface area contributed by atoms with Gasteiger partial charge >= 0.3 is 0 Å². The molecule has 1 unspecified atom stereocenters. The number of nitrogens with zero attached hydrogens (tertiary/aromatic N) is 1. The molecule has 0 radical (unpaired) electrons. The third kappa shape index (κ3) is 3.74. The molecule has 1 aromatic rings. The van der Waals surface area contributed by atoms with Crippen molar-refractivity contribution >= 4 is 22.9 Å². The van der Waals surface area contributed by atoms with Crippen LogP contribution in [0.5, 0.6) is 0 Å². The number of thiophene rings is 1. The maximum Gasteiger partial charge on any atom is 0.0931 e. The summed E-state index contributed by atoms with van der Waals surface area (Å²) in [5.41, 5.74) is 0.162. The summed E-state index contributed by atoms with van der Waals surface area (Å²) in [5, 5.41) is 3.54. The highest BCUT2D eigenvalue weighted by molar-refractivity contribution is 7.16. The molecule has 0 saturated heterocycles. The van der Waals surface area contributed by atoms with Crippen molar-refractivity contribution in [2.24, 2.45) is 0 Å². The summed E-state index contributed by atoms with van der Waals surface area (Å²) in [6.45, 7) is 7.59. The molecule has 0 amide bonds. The van der Waals surface area contributed by atoms with E-state index in [1.807, 2.05) is 6.07 Å². The van der Waals surface area contributed by atoms with E-state index < -0.39 is 0 Å². The van der Waals surface area contributed by atoms with Gasteiger partial charge in [0.15, 0.2) is 0 Å². The highest BCUT2D eigenvalue weighted by Gasteiger charge is 2.21. The lowest BCUT2D eigenvalue weighted by Crippen LogP contribution is -2.47. The van der Waals surface area contributed by atoms with E-state index >= 15 is 0 Å². The van der Waals surface area contributed by atoms with Gasteiger partial charge in [-0.15, -0.1) is 11.3 Å². The molecule has 0 aliphatic heterocycles. The van der Waals surface area contributed by atoms with Crippen LogP contribution in [0.3, 0.4) is 0 Å². The lowest BCUT2D eigenvalue weighted by atomic mass is 10.0. The van der Waals surface area contributed by atoms with Crippen molar-refractivity contribution in [3.63, 3.8) is 0 Å². The monoisotopic (exact) mass is 260 g/mol. The molecule has 92 valence electrons. The third-order valence-electron chi connectivity index (χ3n) is 3.07. The number of hydrogen-bond donors (Lipinski definition) is 1. The van der Waals surface area contributed by atoms with Crippen LogP contribution in [0.1, 0.15) is 31.7 Å². The molecule has 0 bridgehead atoms. The summed E-state index contributed by atoms with van der Waals surface area (Å²) < 4.78 is 0.857. The second kappa shape index (κ2) is 5.50. The first-order valence-corrected chi connectivity index (χ1v) is 6.68. The van der Waals surface area contributed by atoms with Crippen molar-refractivity contribution < 1.29 is 0 Å². The van der Waals surface area contributed by atoms with Crippen molar-refractivity contribution in [2.45, 2.75) is 32.4 Å². The molecular formula is C12H21ClN2S. The van der Waals surface area contributed by atoms with Gasteiger partial charge in [-0.2, -0.15) is 0 Å². The minimum atomic E-state index is 0.162. The highest BCUT2D eigenvalue weighted by atomic mass is 35.5. The molecule has 4 heteroatoms. The summed E-state index contributed by atoms with van der Waals surface area (Å²) in [5.74, 6) is 0. The van der Waals surface area contributed by atoms with Crippen LogP contribution in [0.2, 0.25) is 4.34 Å². The molecule has 1 aromatic heterocycles. The lowest BCUT2D eigenvalue weighted by Gasteiger charge is -2.33. The zero-order chi connectivity index (χ0) is 12.3. The van der Waals surface area contributed by atoms with Gasteiger partial charge in [0.25, 0.3) is 0 Å². The smallest absolute Gasteiger partial charge is 0.0931 e. The predicted octanol–water partition coefficient (Wildman–Crippen LogP) is 3.39. The molecular weight excluding hydrogens is 240 g/mol. The molecule has 0 saturated carbocycles. The Morgan fingerprint density at radius 3 is 2.50 bits per heavy atom. The first-order chi connectivity index (χ1) is 7.33. The molecule has 0 spiro atoms. The molecule has 0 aromatic carbocycles. The quantitative estimate of drug-likeness (QED) is 0.873. The minimum Gasteiger partial charge on any atom is -0.308 e. The summed E-state index contributed by atoms with van der Waals surface area (Å²) >= 11 is 7.57. The topological polar surface area (TPSA) is 15.3 Å². The normalized spacial score (nSPS) is 14.4. The van der Waals surface area contributed by atoms with E-state index in [0.29, 0.717) is 6.04 Å². The standard InChI is InChI=1S/C12H21ClN2S/c1-9(10-6-7-11(13)16-10)14-8-12(2,3)15(4)5/h6-7,9,14H,8H2,1-5H3. The molecule has 1 atom stereocenters. The Morgan fingerprint density at radius 2 is 2.06 bits per heavy atom. The molecule has 0 fully saturated rings. The fourth-order valence-electron chi connectivity index (χ4n) is 1.22. The van der Waals surface area contributed by atoms with E-state index in [0.717, 1.165) is 10.9 Å². The first kappa shape index (κ1) is 14.0.